The van der Waals surface area contributed by atoms with E-state index in [9.17, 15) is 31.5 Å². The van der Waals surface area contributed by atoms with Gasteiger partial charge in [0, 0.05) is 18.7 Å². The summed E-state index contributed by atoms with van der Waals surface area (Å²) in [6.45, 7) is -2.03. The van der Waals surface area contributed by atoms with Crippen molar-refractivity contribution in [2.75, 3.05) is 13.1 Å². The normalized spacial score (nSPS) is 22.2. The minimum Gasteiger partial charge on any atom is -0.481 e. The van der Waals surface area contributed by atoms with Crippen LogP contribution in [0.25, 0.3) is 0 Å². The lowest BCUT2D eigenvalue weighted by Gasteiger charge is -2.28. The molecular weight excluding hydrogens is 325 g/mol. The van der Waals surface area contributed by atoms with Gasteiger partial charge >= 0.3 is 18.1 Å². The maximum Gasteiger partial charge on any atom is 0.406 e. The molecule has 1 saturated heterocycles. The molecule has 1 atom stereocenters. The van der Waals surface area contributed by atoms with Crippen molar-refractivity contribution in [1.29, 1.82) is 0 Å². The van der Waals surface area contributed by atoms with Crippen LogP contribution in [0.1, 0.15) is 12.0 Å². The third-order valence-corrected chi connectivity index (χ3v) is 3.91. The molecule has 23 heavy (non-hydrogen) atoms. The maximum absolute atomic E-state index is 14.1. The highest BCUT2D eigenvalue weighted by atomic mass is 19.4. The van der Waals surface area contributed by atoms with Gasteiger partial charge in [0.15, 0.2) is 5.41 Å². The first-order chi connectivity index (χ1) is 10.5. The van der Waals surface area contributed by atoms with Gasteiger partial charge in [-0.05, 0) is 6.42 Å². The Bertz CT molecular complexity index is 617. The Hall–Kier alpha value is -2.19. The number of alkyl halides is 5. The molecule has 1 N–H and O–H groups in total. The summed E-state index contributed by atoms with van der Waals surface area (Å²) >= 11 is 0. The Balaban J connectivity index is 2.28. The number of halogens is 5. The van der Waals surface area contributed by atoms with Crippen molar-refractivity contribution in [3.63, 3.8) is 0 Å². The number of rotatable bonds is 3. The number of likely N-dealkylation sites (tertiary alicyclic amines) is 1. The number of aliphatic carboxylic acids is 1. The lowest BCUT2D eigenvalue weighted by atomic mass is 9.86. The average Bonchev–Trinajstić information content (AvgIpc) is 2.93. The van der Waals surface area contributed by atoms with Crippen LogP contribution in [-0.4, -0.2) is 41.1 Å². The van der Waals surface area contributed by atoms with Gasteiger partial charge in [-0.3, -0.25) is 9.59 Å². The van der Waals surface area contributed by atoms with Crippen LogP contribution in [0.15, 0.2) is 30.3 Å². The standard InChI is InChI=1S/C14H12F5NO3/c15-13(16,9-4-2-1-3-5-9)10(21)20-7-6-12(8-20,11(22)23)14(17,18)19/h1-5H,6-8H2,(H,22,23). The summed E-state index contributed by atoms with van der Waals surface area (Å²) in [6.07, 6.45) is -6.10. The van der Waals surface area contributed by atoms with E-state index in [1.54, 1.807) is 0 Å². The smallest absolute Gasteiger partial charge is 0.406 e. The number of hydrogen-bond acceptors (Lipinski definition) is 2. The summed E-state index contributed by atoms with van der Waals surface area (Å²) in [4.78, 5) is 23.2. The number of carboxylic acid groups (broad SMARTS) is 1. The Morgan fingerprint density at radius 1 is 1.09 bits per heavy atom. The number of carbonyl (C=O) groups is 2. The predicted molar refractivity (Wildman–Crippen MR) is 67.7 cm³/mol. The second kappa shape index (κ2) is 5.47. The van der Waals surface area contributed by atoms with Crippen LogP contribution >= 0.6 is 0 Å². The molecule has 9 heteroatoms. The Kier molecular flexibility index (Phi) is 4.08. The zero-order valence-electron chi connectivity index (χ0n) is 11.6. The van der Waals surface area contributed by atoms with Gasteiger partial charge in [0.25, 0.3) is 5.91 Å². The van der Waals surface area contributed by atoms with Crippen molar-refractivity contribution in [1.82, 2.24) is 4.90 Å². The largest absolute Gasteiger partial charge is 0.481 e. The van der Waals surface area contributed by atoms with Crippen LogP contribution in [-0.2, 0) is 15.5 Å². The second-order valence-electron chi connectivity index (χ2n) is 5.30. The molecule has 1 amide bonds. The van der Waals surface area contributed by atoms with Gasteiger partial charge in [-0.15, -0.1) is 0 Å². The van der Waals surface area contributed by atoms with Crippen LogP contribution in [0.5, 0.6) is 0 Å². The minimum atomic E-state index is -5.14. The predicted octanol–water partition coefficient (Wildman–Crippen LogP) is 2.64. The minimum absolute atomic E-state index is 0.259. The molecule has 1 aromatic carbocycles. The Morgan fingerprint density at radius 3 is 2.09 bits per heavy atom. The second-order valence-corrected chi connectivity index (χ2v) is 5.30. The molecule has 4 nitrogen and oxygen atoms in total. The zero-order valence-corrected chi connectivity index (χ0v) is 11.6. The fourth-order valence-corrected chi connectivity index (χ4v) is 2.48. The third kappa shape index (κ3) is 2.75. The van der Waals surface area contributed by atoms with Crippen LogP contribution in [0.2, 0.25) is 0 Å². The van der Waals surface area contributed by atoms with E-state index in [0.29, 0.717) is 0 Å². The molecule has 1 aromatic rings. The quantitative estimate of drug-likeness (QED) is 0.863. The van der Waals surface area contributed by atoms with Crippen molar-refractivity contribution in [3.05, 3.63) is 35.9 Å². The molecule has 0 radical (unpaired) electrons. The highest BCUT2D eigenvalue weighted by molar-refractivity contribution is 5.87. The number of nitrogens with zero attached hydrogens (tertiary/aromatic N) is 1. The molecule has 0 aliphatic carbocycles. The molecule has 1 aliphatic heterocycles. The monoisotopic (exact) mass is 337 g/mol. The topological polar surface area (TPSA) is 57.6 Å². The number of amides is 1. The molecule has 1 fully saturated rings. The number of carbonyl (C=O) groups excluding carboxylic acids is 1. The molecule has 0 saturated carbocycles. The van der Waals surface area contributed by atoms with Crippen molar-refractivity contribution < 1.29 is 36.6 Å². The van der Waals surface area contributed by atoms with Gasteiger partial charge < -0.3 is 10.0 Å². The first-order valence-electron chi connectivity index (χ1n) is 6.55. The summed E-state index contributed by atoms with van der Waals surface area (Å²) in [5.74, 6) is -8.04. The lowest BCUT2D eigenvalue weighted by molar-refractivity contribution is -0.227. The van der Waals surface area contributed by atoms with E-state index < -0.39 is 54.5 Å². The van der Waals surface area contributed by atoms with Crippen molar-refractivity contribution in [3.8, 4) is 0 Å². The SMILES string of the molecule is O=C(N1CCC(C(=O)O)(C(F)(F)F)C1)C(F)(F)c1ccccc1. The molecular formula is C14H12F5NO3. The van der Waals surface area contributed by atoms with E-state index in [1.807, 2.05) is 0 Å². The van der Waals surface area contributed by atoms with Crippen LogP contribution < -0.4 is 0 Å². The van der Waals surface area contributed by atoms with Crippen LogP contribution in [0, 0.1) is 5.41 Å². The fraction of sp³-hybridized carbons (Fsp3) is 0.429. The molecule has 0 bridgehead atoms. The van der Waals surface area contributed by atoms with Gasteiger partial charge in [-0.1, -0.05) is 30.3 Å². The van der Waals surface area contributed by atoms with Gasteiger partial charge in [0.1, 0.15) is 0 Å². The third-order valence-electron chi connectivity index (χ3n) is 3.91. The van der Waals surface area contributed by atoms with Gasteiger partial charge in [0.2, 0.25) is 0 Å². The summed E-state index contributed by atoms with van der Waals surface area (Å²) in [5, 5.41) is 8.87. The van der Waals surface area contributed by atoms with Crippen molar-refractivity contribution >= 4 is 11.9 Å². The van der Waals surface area contributed by atoms with Gasteiger partial charge in [0.05, 0.1) is 0 Å². The van der Waals surface area contributed by atoms with Crippen molar-refractivity contribution in [2.45, 2.75) is 18.5 Å². The average molecular weight is 337 g/mol. The highest BCUT2D eigenvalue weighted by Crippen LogP contribution is 2.46. The van der Waals surface area contributed by atoms with Crippen molar-refractivity contribution in [2.24, 2.45) is 5.41 Å². The molecule has 1 heterocycles. The number of carboxylic acids is 1. The fourth-order valence-electron chi connectivity index (χ4n) is 2.48. The van der Waals surface area contributed by atoms with Gasteiger partial charge in [-0.2, -0.15) is 22.0 Å². The number of hydrogen-bond donors (Lipinski definition) is 1. The Morgan fingerprint density at radius 2 is 1.65 bits per heavy atom. The van der Waals surface area contributed by atoms with E-state index in [4.69, 9.17) is 5.11 Å². The molecule has 0 aromatic heterocycles. The van der Waals surface area contributed by atoms with Gasteiger partial charge in [-0.25, -0.2) is 0 Å². The summed E-state index contributed by atoms with van der Waals surface area (Å²) < 4.78 is 67.3. The first-order valence-corrected chi connectivity index (χ1v) is 6.55. The summed E-state index contributed by atoms with van der Waals surface area (Å²) in [5.41, 5.74) is -3.88. The summed E-state index contributed by atoms with van der Waals surface area (Å²) in [7, 11) is 0. The molecule has 0 spiro atoms. The first kappa shape index (κ1) is 17.2. The molecule has 2 rings (SSSR count). The highest BCUT2D eigenvalue weighted by Gasteiger charge is 2.65. The van der Waals surface area contributed by atoms with Crippen LogP contribution in [0.4, 0.5) is 22.0 Å². The van der Waals surface area contributed by atoms with E-state index in [2.05, 4.69) is 0 Å². The van der Waals surface area contributed by atoms with E-state index in [-0.39, 0.29) is 4.90 Å². The van der Waals surface area contributed by atoms with Crippen LogP contribution in [0.3, 0.4) is 0 Å². The summed E-state index contributed by atoms with van der Waals surface area (Å²) in [6, 6.07) is 5.92. The molecule has 1 unspecified atom stereocenters. The number of benzene rings is 1. The maximum atomic E-state index is 14.1. The molecule has 1 aliphatic rings. The molecule has 126 valence electrons. The zero-order chi connectivity index (χ0) is 17.5. The Labute approximate surface area is 127 Å². The van der Waals surface area contributed by atoms with E-state index >= 15 is 0 Å². The van der Waals surface area contributed by atoms with E-state index in [1.165, 1.54) is 18.2 Å². The van der Waals surface area contributed by atoms with E-state index in [0.717, 1.165) is 12.1 Å². The lowest BCUT2D eigenvalue weighted by Crippen LogP contribution is -2.49.